The van der Waals surface area contributed by atoms with Gasteiger partial charge in [-0.15, -0.1) is 10.2 Å². The van der Waals surface area contributed by atoms with E-state index in [-0.39, 0.29) is 18.3 Å². The van der Waals surface area contributed by atoms with Crippen molar-refractivity contribution >= 4 is 17.4 Å². The molecule has 0 saturated heterocycles. The number of anilines is 1. The molecule has 0 unspecified atom stereocenters. The van der Waals surface area contributed by atoms with Crippen LogP contribution in [0.5, 0.6) is 5.75 Å². The SMILES string of the molecule is CC(=O)Nc1ccc(C(=O)COc2ccc(-c3nnco3)cc2)cc1. The van der Waals surface area contributed by atoms with E-state index in [1.54, 1.807) is 48.5 Å². The molecule has 0 bridgehead atoms. The number of hydrogen-bond donors (Lipinski definition) is 1. The van der Waals surface area contributed by atoms with E-state index in [0.29, 0.717) is 22.9 Å². The highest BCUT2D eigenvalue weighted by Gasteiger charge is 2.08. The molecule has 1 aromatic heterocycles. The number of carbonyl (C=O) groups is 2. The summed E-state index contributed by atoms with van der Waals surface area (Å²) in [6, 6.07) is 13.7. The van der Waals surface area contributed by atoms with Gasteiger partial charge in [-0.25, -0.2) is 0 Å². The first-order valence-electron chi connectivity index (χ1n) is 7.52. The fourth-order valence-corrected chi connectivity index (χ4v) is 2.17. The minimum Gasteiger partial charge on any atom is -0.485 e. The van der Waals surface area contributed by atoms with E-state index in [9.17, 15) is 9.59 Å². The molecular formula is C18H15N3O4. The summed E-state index contributed by atoms with van der Waals surface area (Å²) in [5, 5.41) is 10.1. The summed E-state index contributed by atoms with van der Waals surface area (Å²) in [7, 11) is 0. The number of rotatable bonds is 6. The number of benzene rings is 2. The lowest BCUT2D eigenvalue weighted by Crippen LogP contribution is -2.12. The van der Waals surface area contributed by atoms with E-state index in [1.165, 1.54) is 13.3 Å². The summed E-state index contributed by atoms with van der Waals surface area (Å²) in [4.78, 5) is 23.1. The maximum absolute atomic E-state index is 12.2. The van der Waals surface area contributed by atoms with Gasteiger partial charge in [-0.2, -0.15) is 0 Å². The van der Waals surface area contributed by atoms with Crippen molar-refractivity contribution in [1.29, 1.82) is 0 Å². The molecular weight excluding hydrogens is 322 g/mol. The molecule has 0 spiro atoms. The second kappa shape index (κ2) is 7.39. The topological polar surface area (TPSA) is 94.3 Å². The minimum atomic E-state index is -0.161. The average molecular weight is 337 g/mol. The fourth-order valence-electron chi connectivity index (χ4n) is 2.17. The Morgan fingerprint density at radius 2 is 1.80 bits per heavy atom. The maximum atomic E-state index is 12.2. The van der Waals surface area contributed by atoms with Crippen LogP contribution in [0, 0.1) is 0 Å². The number of Topliss-reactive ketones (excluding diaryl/α,β-unsaturated/α-hetero) is 1. The van der Waals surface area contributed by atoms with Gasteiger partial charge >= 0.3 is 0 Å². The molecule has 2 aromatic carbocycles. The number of hydrogen-bond acceptors (Lipinski definition) is 6. The summed E-state index contributed by atoms with van der Waals surface area (Å²) < 4.78 is 10.6. The van der Waals surface area contributed by atoms with Crippen LogP contribution in [0.15, 0.2) is 59.3 Å². The Bertz CT molecular complexity index is 856. The average Bonchev–Trinajstić information content (AvgIpc) is 3.15. The number of nitrogens with zero attached hydrogens (tertiary/aromatic N) is 2. The van der Waals surface area contributed by atoms with Crippen LogP contribution in [-0.2, 0) is 4.79 Å². The van der Waals surface area contributed by atoms with Gasteiger partial charge in [0.2, 0.25) is 18.2 Å². The van der Waals surface area contributed by atoms with E-state index in [1.807, 2.05) is 0 Å². The largest absolute Gasteiger partial charge is 0.485 e. The van der Waals surface area contributed by atoms with Crippen LogP contribution >= 0.6 is 0 Å². The van der Waals surface area contributed by atoms with Gasteiger partial charge in [0.05, 0.1) is 0 Å². The molecule has 3 rings (SSSR count). The summed E-state index contributed by atoms with van der Waals surface area (Å²) in [6.45, 7) is 1.34. The summed E-state index contributed by atoms with van der Waals surface area (Å²) in [6.07, 6.45) is 1.26. The highest BCUT2D eigenvalue weighted by Crippen LogP contribution is 2.20. The van der Waals surface area contributed by atoms with Crippen molar-refractivity contribution in [3.63, 3.8) is 0 Å². The van der Waals surface area contributed by atoms with E-state index in [2.05, 4.69) is 15.5 Å². The van der Waals surface area contributed by atoms with Gasteiger partial charge in [0.25, 0.3) is 0 Å². The Morgan fingerprint density at radius 1 is 1.08 bits per heavy atom. The molecule has 25 heavy (non-hydrogen) atoms. The number of carbonyl (C=O) groups excluding carboxylic acids is 2. The number of aromatic nitrogens is 2. The van der Waals surface area contributed by atoms with Crippen LogP contribution in [0.2, 0.25) is 0 Å². The first kappa shape index (κ1) is 16.4. The van der Waals surface area contributed by atoms with Crippen molar-refractivity contribution in [2.45, 2.75) is 6.92 Å². The van der Waals surface area contributed by atoms with E-state index >= 15 is 0 Å². The molecule has 0 aliphatic rings. The Labute approximate surface area is 143 Å². The smallest absolute Gasteiger partial charge is 0.247 e. The predicted octanol–water partition coefficient (Wildman–Crippen LogP) is 2.96. The summed E-state index contributed by atoms with van der Waals surface area (Å²) >= 11 is 0. The van der Waals surface area contributed by atoms with Gasteiger partial charge in [0, 0.05) is 23.7 Å². The summed E-state index contributed by atoms with van der Waals surface area (Å²) in [5.74, 6) is 0.662. The number of ketones is 1. The van der Waals surface area contributed by atoms with Crippen LogP contribution in [0.3, 0.4) is 0 Å². The van der Waals surface area contributed by atoms with Gasteiger partial charge < -0.3 is 14.5 Å². The normalized spacial score (nSPS) is 10.3. The van der Waals surface area contributed by atoms with Crippen LogP contribution in [0.4, 0.5) is 5.69 Å². The molecule has 0 atom stereocenters. The molecule has 0 fully saturated rings. The van der Waals surface area contributed by atoms with Gasteiger partial charge in [0.1, 0.15) is 5.75 Å². The first-order valence-corrected chi connectivity index (χ1v) is 7.52. The van der Waals surface area contributed by atoms with Crippen LogP contribution in [0.1, 0.15) is 17.3 Å². The molecule has 0 saturated carbocycles. The van der Waals surface area contributed by atoms with Crippen LogP contribution in [-0.4, -0.2) is 28.5 Å². The summed E-state index contributed by atoms with van der Waals surface area (Å²) in [5.41, 5.74) is 1.92. The van der Waals surface area contributed by atoms with Gasteiger partial charge in [-0.05, 0) is 48.5 Å². The molecule has 7 nitrogen and oxygen atoms in total. The minimum absolute atomic E-state index is 0.0839. The van der Waals surface area contributed by atoms with Crippen molar-refractivity contribution in [1.82, 2.24) is 10.2 Å². The lowest BCUT2D eigenvalue weighted by Gasteiger charge is -2.07. The van der Waals surface area contributed by atoms with Crippen molar-refractivity contribution in [2.75, 3.05) is 11.9 Å². The quantitative estimate of drug-likeness (QED) is 0.695. The van der Waals surface area contributed by atoms with Crippen molar-refractivity contribution in [2.24, 2.45) is 0 Å². The monoisotopic (exact) mass is 337 g/mol. The van der Waals surface area contributed by atoms with E-state index in [0.717, 1.165) is 5.56 Å². The Hall–Kier alpha value is -3.48. The standard InChI is InChI=1S/C18H15N3O4/c1-12(22)20-15-6-2-13(3-7-15)17(23)10-24-16-8-4-14(5-9-16)18-21-19-11-25-18/h2-9,11H,10H2,1H3,(H,20,22). The number of amides is 1. The molecule has 7 heteroatoms. The lowest BCUT2D eigenvalue weighted by molar-refractivity contribution is -0.114. The Morgan fingerprint density at radius 3 is 2.40 bits per heavy atom. The Kier molecular flexibility index (Phi) is 4.84. The van der Waals surface area contributed by atoms with Crippen molar-refractivity contribution in [3.8, 4) is 17.2 Å². The van der Waals surface area contributed by atoms with Crippen LogP contribution in [0.25, 0.3) is 11.5 Å². The highest BCUT2D eigenvalue weighted by atomic mass is 16.5. The van der Waals surface area contributed by atoms with E-state index < -0.39 is 0 Å². The first-order chi connectivity index (χ1) is 12.1. The zero-order valence-corrected chi connectivity index (χ0v) is 13.4. The third-order valence-corrected chi connectivity index (χ3v) is 3.36. The maximum Gasteiger partial charge on any atom is 0.247 e. The highest BCUT2D eigenvalue weighted by molar-refractivity contribution is 5.98. The molecule has 126 valence electrons. The van der Waals surface area contributed by atoms with Gasteiger partial charge in [0.15, 0.2) is 12.4 Å². The third kappa shape index (κ3) is 4.29. The number of ether oxygens (including phenoxy) is 1. The van der Waals surface area contributed by atoms with Gasteiger partial charge in [-0.3, -0.25) is 9.59 Å². The number of nitrogens with one attached hydrogen (secondary N) is 1. The zero-order chi connectivity index (χ0) is 17.6. The predicted molar refractivity (Wildman–Crippen MR) is 90.3 cm³/mol. The molecule has 1 N–H and O–H groups in total. The lowest BCUT2D eigenvalue weighted by atomic mass is 10.1. The molecule has 3 aromatic rings. The molecule has 0 radical (unpaired) electrons. The zero-order valence-electron chi connectivity index (χ0n) is 13.4. The van der Waals surface area contributed by atoms with E-state index in [4.69, 9.17) is 9.15 Å². The van der Waals surface area contributed by atoms with Crippen LogP contribution < -0.4 is 10.1 Å². The molecule has 0 aliphatic carbocycles. The Balaban J connectivity index is 1.57. The van der Waals surface area contributed by atoms with Crippen molar-refractivity contribution < 1.29 is 18.7 Å². The molecule has 1 amide bonds. The third-order valence-electron chi connectivity index (χ3n) is 3.36. The molecule has 1 heterocycles. The van der Waals surface area contributed by atoms with Crippen molar-refractivity contribution in [3.05, 3.63) is 60.5 Å². The molecule has 0 aliphatic heterocycles. The fraction of sp³-hybridized carbons (Fsp3) is 0.111. The van der Waals surface area contributed by atoms with Gasteiger partial charge in [-0.1, -0.05) is 0 Å². The second-order valence-electron chi connectivity index (χ2n) is 5.24. The second-order valence-corrected chi connectivity index (χ2v) is 5.24.